The average Bonchev–Trinajstić information content (AvgIpc) is 2.81. The summed E-state index contributed by atoms with van der Waals surface area (Å²) < 4.78 is 23.4. The molecule has 0 bridgehead atoms. The predicted molar refractivity (Wildman–Crippen MR) is 56.3 cm³/mol. The van der Waals surface area contributed by atoms with Crippen LogP contribution in [0, 0.1) is 5.82 Å². The quantitative estimate of drug-likeness (QED) is 0.738. The summed E-state index contributed by atoms with van der Waals surface area (Å²) in [5, 5.41) is 0. The maximum Gasteiger partial charge on any atom is 0.191 e. The molecule has 0 aromatic heterocycles. The highest BCUT2D eigenvalue weighted by atomic mass is 19.1. The molecule has 0 N–H and O–H groups in total. The largest absolute Gasteiger partial charge is 0.494 e. The van der Waals surface area contributed by atoms with Crippen molar-refractivity contribution in [3.8, 4) is 5.75 Å². The lowest BCUT2D eigenvalue weighted by Crippen LogP contribution is -2.19. The van der Waals surface area contributed by atoms with Gasteiger partial charge >= 0.3 is 0 Å². The fourth-order valence-electron chi connectivity index (χ4n) is 1.79. The van der Waals surface area contributed by atoms with Gasteiger partial charge in [0.2, 0.25) is 0 Å². The second-order valence-corrected chi connectivity index (χ2v) is 3.72. The number of Topliss-reactive ketones (excluding diaryl/α,β-unsaturated/α-hetero) is 1. The summed E-state index contributed by atoms with van der Waals surface area (Å²) in [7, 11) is 1.39. The molecule has 1 aromatic rings. The van der Waals surface area contributed by atoms with Crippen molar-refractivity contribution >= 4 is 5.78 Å². The third kappa shape index (κ3) is 2.07. The van der Waals surface area contributed by atoms with Crippen molar-refractivity contribution in [2.75, 3.05) is 13.7 Å². The number of rotatable bonds is 3. The number of hydrogen-bond donors (Lipinski definition) is 0. The summed E-state index contributed by atoms with van der Waals surface area (Å²) in [6.45, 7) is 0.606. The van der Waals surface area contributed by atoms with Crippen molar-refractivity contribution in [2.24, 2.45) is 0 Å². The van der Waals surface area contributed by atoms with Crippen molar-refractivity contribution in [1.82, 2.24) is 0 Å². The molecule has 2 rings (SSSR count). The van der Waals surface area contributed by atoms with Gasteiger partial charge in [0.25, 0.3) is 0 Å². The Balaban J connectivity index is 2.20. The van der Waals surface area contributed by atoms with Gasteiger partial charge in [0, 0.05) is 12.2 Å². The Kier molecular flexibility index (Phi) is 3.19. The number of carbonyl (C=O) groups excluding carboxylic acids is 1. The van der Waals surface area contributed by atoms with E-state index in [0.29, 0.717) is 18.6 Å². The molecule has 4 heteroatoms. The third-order valence-corrected chi connectivity index (χ3v) is 2.66. The SMILES string of the molecule is COc1ccc(C(=O)C2CCCO2)cc1F. The molecule has 1 unspecified atom stereocenters. The van der Waals surface area contributed by atoms with E-state index >= 15 is 0 Å². The molecule has 1 atom stereocenters. The molecule has 0 spiro atoms. The van der Waals surface area contributed by atoms with E-state index in [1.54, 1.807) is 6.07 Å². The zero-order valence-corrected chi connectivity index (χ0v) is 9.03. The molecule has 86 valence electrons. The van der Waals surface area contributed by atoms with E-state index in [1.165, 1.54) is 19.2 Å². The van der Waals surface area contributed by atoms with Crippen LogP contribution in [0.4, 0.5) is 4.39 Å². The van der Waals surface area contributed by atoms with Gasteiger partial charge < -0.3 is 9.47 Å². The van der Waals surface area contributed by atoms with Gasteiger partial charge in [-0.2, -0.15) is 0 Å². The van der Waals surface area contributed by atoms with Crippen molar-refractivity contribution < 1.29 is 18.7 Å². The summed E-state index contributed by atoms with van der Waals surface area (Å²) in [4.78, 5) is 11.9. The number of benzene rings is 1. The molecule has 1 fully saturated rings. The summed E-state index contributed by atoms with van der Waals surface area (Å²) in [5.74, 6) is -0.533. The Morgan fingerprint density at radius 3 is 2.94 bits per heavy atom. The fraction of sp³-hybridized carbons (Fsp3) is 0.417. The van der Waals surface area contributed by atoms with E-state index in [9.17, 15) is 9.18 Å². The lowest BCUT2D eigenvalue weighted by Gasteiger charge is -2.09. The summed E-state index contributed by atoms with van der Waals surface area (Å²) in [5.41, 5.74) is 0.338. The van der Waals surface area contributed by atoms with Crippen molar-refractivity contribution in [1.29, 1.82) is 0 Å². The normalized spacial score (nSPS) is 19.8. The molecule has 3 nitrogen and oxygen atoms in total. The minimum Gasteiger partial charge on any atom is -0.494 e. The predicted octanol–water partition coefficient (Wildman–Crippen LogP) is 2.20. The number of ether oxygens (including phenoxy) is 2. The summed E-state index contributed by atoms with van der Waals surface area (Å²) in [6.07, 6.45) is 1.19. The number of carbonyl (C=O) groups is 1. The molecule has 0 amide bonds. The molecule has 0 aliphatic carbocycles. The minimum absolute atomic E-state index is 0.142. The fourth-order valence-corrected chi connectivity index (χ4v) is 1.79. The Morgan fingerprint density at radius 1 is 1.56 bits per heavy atom. The Hall–Kier alpha value is -1.42. The number of hydrogen-bond acceptors (Lipinski definition) is 3. The summed E-state index contributed by atoms with van der Waals surface area (Å²) in [6, 6.07) is 4.21. The van der Waals surface area contributed by atoms with Crippen LogP contribution in [0.25, 0.3) is 0 Å². The molecule has 16 heavy (non-hydrogen) atoms. The molecule has 1 aromatic carbocycles. The highest BCUT2D eigenvalue weighted by Gasteiger charge is 2.25. The van der Waals surface area contributed by atoms with Gasteiger partial charge in [0.15, 0.2) is 17.3 Å². The topological polar surface area (TPSA) is 35.5 Å². The molecular weight excluding hydrogens is 211 g/mol. The van der Waals surface area contributed by atoms with Gasteiger partial charge in [-0.15, -0.1) is 0 Å². The molecule has 0 saturated carbocycles. The lowest BCUT2D eigenvalue weighted by molar-refractivity contribution is 0.0642. The molecule has 1 aliphatic heterocycles. The average molecular weight is 224 g/mol. The first kappa shape index (κ1) is 11.1. The highest BCUT2D eigenvalue weighted by molar-refractivity contribution is 5.99. The first-order valence-electron chi connectivity index (χ1n) is 5.21. The Bertz CT molecular complexity index is 397. The van der Waals surface area contributed by atoms with E-state index in [4.69, 9.17) is 9.47 Å². The van der Waals surface area contributed by atoms with Crippen LogP contribution in [0.1, 0.15) is 23.2 Å². The van der Waals surface area contributed by atoms with E-state index < -0.39 is 11.9 Å². The molecule has 1 saturated heterocycles. The van der Waals surface area contributed by atoms with E-state index in [2.05, 4.69) is 0 Å². The van der Waals surface area contributed by atoms with Crippen LogP contribution in [-0.4, -0.2) is 25.6 Å². The first-order valence-corrected chi connectivity index (χ1v) is 5.21. The van der Waals surface area contributed by atoms with Crippen LogP contribution in [-0.2, 0) is 4.74 Å². The minimum atomic E-state index is -0.522. The maximum atomic E-state index is 13.4. The van der Waals surface area contributed by atoms with Crippen molar-refractivity contribution in [3.63, 3.8) is 0 Å². The molecule has 1 aliphatic rings. The van der Waals surface area contributed by atoms with Crippen molar-refractivity contribution in [3.05, 3.63) is 29.6 Å². The highest BCUT2D eigenvalue weighted by Crippen LogP contribution is 2.22. The van der Waals surface area contributed by atoms with Crippen LogP contribution in [0.5, 0.6) is 5.75 Å². The van der Waals surface area contributed by atoms with Gasteiger partial charge in [0.1, 0.15) is 6.10 Å². The Labute approximate surface area is 93.2 Å². The molecular formula is C12H13FO3. The first-order chi connectivity index (χ1) is 7.72. The molecule has 0 radical (unpaired) electrons. The number of methoxy groups -OCH3 is 1. The van der Waals surface area contributed by atoms with E-state index in [-0.39, 0.29) is 11.5 Å². The van der Waals surface area contributed by atoms with Gasteiger partial charge in [-0.05, 0) is 31.0 Å². The zero-order valence-electron chi connectivity index (χ0n) is 9.03. The van der Waals surface area contributed by atoms with E-state index in [1.807, 2.05) is 0 Å². The monoisotopic (exact) mass is 224 g/mol. The van der Waals surface area contributed by atoms with Crippen molar-refractivity contribution in [2.45, 2.75) is 18.9 Å². The second-order valence-electron chi connectivity index (χ2n) is 3.72. The third-order valence-electron chi connectivity index (χ3n) is 2.66. The number of halogens is 1. The lowest BCUT2D eigenvalue weighted by atomic mass is 10.0. The maximum absolute atomic E-state index is 13.4. The van der Waals surface area contributed by atoms with Gasteiger partial charge in [0.05, 0.1) is 7.11 Å². The Morgan fingerprint density at radius 2 is 2.38 bits per heavy atom. The smallest absolute Gasteiger partial charge is 0.191 e. The van der Waals surface area contributed by atoms with Crippen LogP contribution in [0.3, 0.4) is 0 Å². The van der Waals surface area contributed by atoms with Crippen LogP contribution in [0.15, 0.2) is 18.2 Å². The number of ketones is 1. The van der Waals surface area contributed by atoms with Gasteiger partial charge in [-0.3, -0.25) is 4.79 Å². The van der Waals surface area contributed by atoms with Crippen LogP contribution < -0.4 is 4.74 Å². The standard InChI is InChI=1S/C12H13FO3/c1-15-10-5-4-8(7-9(10)13)12(14)11-3-2-6-16-11/h4-5,7,11H,2-3,6H2,1H3. The van der Waals surface area contributed by atoms with E-state index in [0.717, 1.165) is 6.42 Å². The van der Waals surface area contributed by atoms with Crippen LogP contribution in [0.2, 0.25) is 0 Å². The van der Waals surface area contributed by atoms with Gasteiger partial charge in [-0.25, -0.2) is 4.39 Å². The van der Waals surface area contributed by atoms with Gasteiger partial charge in [-0.1, -0.05) is 0 Å². The second kappa shape index (κ2) is 4.61. The zero-order chi connectivity index (χ0) is 11.5. The molecule has 1 heterocycles. The van der Waals surface area contributed by atoms with Crippen LogP contribution >= 0.6 is 0 Å². The summed E-state index contributed by atoms with van der Waals surface area (Å²) >= 11 is 0.